The average Bonchev–Trinajstić information content (AvgIpc) is 2.67. The van der Waals surface area contributed by atoms with E-state index in [1.165, 1.54) is 9.08 Å². The summed E-state index contributed by atoms with van der Waals surface area (Å²) in [5.74, 6) is -0.224. The van der Waals surface area contributed by atoms with E-state index in [1.807, 2.05) is 13.0 Å². The average molecular weight is 258 g/mol. The summed E-state index contributed by atoms with van der Waals surface area (Å²) in [6, 6.07) is 3.10. The first-order valence-corrected chi connectivity index (χ1v) is 6.12. The van der Waals surface area contributed by atoms with E-state index < -0.39 is 6.04 Å². The summed E-state index contributed by atoms with van der Waals surface area (Å²) in [6.45, 7) is 5.63. The number of nitrogens with zero attached hydrogens (tertiary/aromatic N) is 3. The molecule has 0 spiro atoms. The van der Waals surface area contributed by atoms with Crippen molar-refractivity contribution in [1.29, 1.82) is 0 Å². The molecule has 0 aliphatic carbocycles. The van der Waals surface area contributed by atoms with E-state index >= 15 is 0 Å². The lowest BCUT2D eigenvalue weighted by molar-refractivity contribution is -0.125. The Morgan fingerprint density at radius 2 is 2.21 bits per heavy atom. The van der Waals surface area contributed by atoms with Crippen LogP contribution in [0, 0.1) is 6.92 Å². The molecule has 1 atom stereocenters. The van der Waals surface area contributed by atoms with Crippen molar-refractivity contribution in [3.63, 3.8) is 0 Å². The fourth-order valence-corrected chi connectivity index (χ4v) is 2.30. The van der Waals surface area contributed by atoms with Gasteiger partial charge in [-0.25, -0.2) is 4.79 Å². The van der Waals surface area contributed by atoms with Crippen LogP contribution in [-0.4, -0.2) is 20.1 Å². The van der Waals surface area contributed by atoms with E-state index in [0.717, 1.165) is 5.56 Å². The van der Waals surface area contributed by atoms with Gasteiger partial charge in [-0.05, 0) is 31.4 Å². The van der Waals surface area contributed by atoms with E-state index in [-0.39, 0.29) is 11.6 Å². The third-order valence-corrected chi connectivity index (χ3v) is 3.30. The van der Waals surface area contributed by atoms with Crippen LogP contribution in [0.5, 0.6) is 0 Å². The Morgan fingerprint density at radius 1 is 1.42 bits per heavy atom. The van der Waals surface area contributed by atoms with Gasteiger partial charge in [0.15, 0.2) is 5.65 Å². The number of piperidine rings is 1. The predicted molar refractivity (Wildman–Crippen MR) is 69.7 cm³/mol. The zero-order valence-electron chi connectivity index (χ0n) is 10.6. The summed E-state index contributed by atoms with van der Waals surface area (Å²) in [5.41, 5.74) is 1.92. The van der Waals surface area contributed by atoms with Crippen LogP contribution < -0.4 is 11.0 Å². The second-order valence-corrected chi connectivity index (χ2v) is 4.81. The van der Waals surface area contributed by atoms with Gasteiger partial charge in [-0.2, -0.15) is 4.68 Å². The molecule has 1 aliphatic rings. The molecule has 98 valence electrons. The van der Waals surface area contributed by atoms with Gasteiger partial charge in [-0.3, -0.25) is 9.20 Å². The van der Waals surface area contributed by atoms with Crippen LogP contribution >= 0.6 is 0 Å². The van der Waals surface area contributed by atoms with Crippen molar-refractivity contribution in [2.24, 2.45) is 0 Å². The van der Waals surface area contributed by atoms with Crippen molar-refractivity contribution < 1.29 is 4.79 Å². The SMILES string of the molecule is C=C1CCC(n2nc3ccc(C)cn3c2=O)C(=O)N1. The summed E-state index contributed by atoms with van der Waals surface area (Å²) in [4.78, 5) is 24.2. The number of aryl methyl sites for hydroxylation is 1. The lowest BCUT2D eigenvalue weighted by Gasteiger charge is -2.22. The van der Waals surface area contributed by atoms with Crippen molar-refractivity contribution in [1.82, 2.24) is 19.5 Å². The van der Waals surface area contributed by atoms with Crippen molar-refractivity contribution in [2.75, 3.05) is 0 Å². The minimum absolute atomic E-state index is 0.224. The van der Waals surface area contributed by atoms with Crippen molar-refractivity contribution in [3.05, 3.63) is 46.7 Å². The zero-order valence-corrected chi connectivity index (χ0v) is 10.6. The number of carbonyl (C=O) groups is 1. The number of rotatable bonds is 1. The largest absolute Gasteiger partial charge is 0.351 e. The Kier molecular flexibility index (Phi) is 2.51. The highest BCUT2D eigenvalue weighted by molar-refractivity contribution is 5.82. The highest BCUT2D eigenvalue weighted by Crippen LogP contribution is 2.20. The fourth-order valence-electron chi connectivity index (χ4n) is 2.30. The summed E-state index contributed by atoms with van der Waals surface area (Å²) >= 11 is 0. The molecule has 2 aromatic heterocycles. The fraction of sp³-hybridized carbons (Fsp3) is 0.308. The van der Waals surface area contributed by atoms with Gasteiger partial charge in [0, 0.05) is 11.9 Å². The first-order valence-electron chi connectivity index (χ1n) is 6.12. The second kappa shape index (κ2) is 4.08. The number of hydrogen-bond donors (Lipinski definition) is 1. The molecule has 3 heterocycles. The minimum atomic E-state index is -0.557. The molecule has 0 saturated carbocycles. The Bertz CT molecular complexity index is 741. The zero-order chi connectivity index (χ0) is 13.6. The van der Waals surface area contributed by atoms with Gasteiger partial charge in [-0.15, -0.1) is 5.10 Å². The molecule has 0 aromatic carbocycles. The maximum atomic E-state index is 12.3. The van der Waals surface area contributed by atoms with Gasteiger partial charge in [0.25, 0.3) is 0 Å². The van der Waals surface area contributed by atoms with Gasteiger partial charge in [0.2, 0.25) is 5.91 Å². The van der Waals surface area contributed by atoms with Crippen LogP contribution in [-0.2, 0) is 4.79 Å². The first-order chi connectivity index (χ1) is 9.06. The van der Waals surface area contributed by atoms with Crippen LogP contribution in [0.25, 0.3) is 5.65 Å². The van der Waals surface area contributed by atoms with E-state index in [9.17, 15) is 9.59 Å². The van der Waals surface area contributed by atoms with Gasteiger partial charge < -0.3 is 5.32 Å². The molecule has 1 N–H and O–H groups in total. The number of carbonyl (C=O) groups excluding carboxylic acids is 1. The third-order valence-electron chi connectivity index (χ3n) is 3.30. The molecule has 1 saturated heterocycles. The van der Waals surface area contributed by atoms with Crippen molar-refractivity contribution in [2.45, 2.75) is 25.8 Å². The molecule has 19 heavy (non-hydrogen) atoms. The van der Waals surface area contributed by atoms with E-state index in [0.29, 0.717) is 24.2 Å². The molecular formula is C13H14N4O2. The van der Waals surface area contributed by atoms with Crippen LogP contribution in [0.2, 0.25) is 0 Å². The Hall–Kier alpha value is -2.37. The van der Waals surface area contributed by atoms with E-state index in [2.05, 4.69) is 17.0 Å². The summed E-state index contributed by atoms with van der Waals surface area (Å²) < 4.78 is 2.72. The number of amides is 1. The highest BCUT2D eigenvalue weighted by atomic mass is 16.2. The quantitative estimate of drug-likeness (QED) is 0.821. The molecule has 0 bridgehead atoms. The maximum absolute atomic E-state index is 12.3. The molecule has 2 aromatic rings. The van der Waals surface area contributed by atoms with Gasteiger partial charge in [0.1, 0.15) is 6.04 Å². The Morgan fingerprint density at radius 3 is 2.95 bits per heavy atom. The number of aromatic nitrogens is 3. The van der Waals surface area contributed by atoms with Gasteiger partial charge in [-0.1, -0.05) is 12.6 Å². The Labute approximate surface area is 109 Å². The number of fused-ring (bicyclic) bond motifs is 1. The number of allylic oxidation sites excluding steroid dienone is 1. The minimum Gasteiger partial charge on any atom is -0.329 e. The smallest absolute Gasteiger partial charge is 0.329 e. The first kappa shape index (κ1) is 11.7. The normalized spacial score (nSPS) is 19.7. The molecular weight excluding hydrogens is 244 g/mol. The molecule has 0 radical (unpaired) electrons. The van der Waals surface area contributed by atoms with E-state index in [1.54, 1.807) is 12.3 Å². The summed E-state index contributed by atoms with van der Waals surface area (Å²) in [5, 5.41) is 6.90. The molecule has 1 fully saturated rings. The number of nitrogens with one attached hydrogen (secondary N) is 1. The Balaban J connectivity index is 2.11. The summed E-state index contributed by atoms with van der Waals surface area (Å²) in [7, 11) is 0. The third kappa shape index (κ3) is 1.85. The number of hydrogen-bond acceptors (Lipinski definition) is 3. The monoisotopic (exact) mass is 258 g/mol. The predicted octanol–water partition coefficient (Wildman–Crippen LogP) is 0.769. The lowest BCUT2D eigenvalue weighted by Crippen LogP contribution is -2.40. The molecule has 1 unspecified atom stereocenters. The highest BCUT2D eigenvalue weighted by Gasteiger charge is 2.28. The van der Waals surface area contributed by atoms with Gasteiger partial charge >= 0.3 is 5.69 Å². The van der Waals surface area contributed by atoms with Crippen molar-refractivity contribution >= 4 is 11.6 Å². The van der Waals surface area contributed by atoms with Crippen LogP contribution in [0.4, 0.5) is 0 Å². The molecule has 3 rings (SSSR count). The van der Waals surface area contributed by atoms with E-state index in [4.69, 9.17) is 0 Å². The molecule has 6 heteroatoms. The standard InChI is InChI=1S/C13H14N4O2/c1-8-3-6-11-15-17(13(19)16(11)7-8)10-5-4-9(2)14-12(10)18/h3,6-7,10H,2,4-5H2,1H3,(H,14,18). The topological polar surface area (TPSA) is 68.4 Å². The molecule has 1 amide bonds. The molecule has 6 nitrogen and oxygen atoms in total. The summed E-state index contributed by atoms with van der Waals surface area (Å²) in [6.07, 6.45) is 2.93. The lowest BCUT2D eigenvalue weighted by atomic mass is 10.1. The van der Waals surface area contributed by atoms with Crippen LogP contribution in [0.1, 0.15) is 24.4 Å². The van der Waals surface area contributed by atoms with Gasteiger partial charge in [0.05, 0.1) is 0 Å². The maximum Gasteiger partial charge on any atom is 0.351 e. The second-order valence-electron chi connectivity index (χ2n) is 4.81. The molecule has 1 aliphatic heterocycles. The van der Waals surface area contributed by atoms with Crippen LogP contribution in [0.15, 0.2) is 35.4 Å². The number of pyridine rings is 1. The van der Waals surface area contributed by atoms with Crippen LogP contribution in [0.3, 0.4) is 0 Å². The van der Waals surface area contributed by atoms with Crippen molar-refractivity contribution in [3.8, 4) is 0 Å².